The molecule has 0 saturated carbocycles. The number of halogens is 1. The zero-order valence-corrected chi connectivity index (χ0v) is 14.6. The van der Waals surface area contributed by atoms with Gasteiger partial charge in [-0.05, 0) is 63.0 Å². The zero-order chi connectivity index (χ0) is 16.2. The summed E-state index contributed by atoms with van der Waals surface area (Å²) in [6.45, 7) is 2.54. The molecule has 0 spiro atoms. The molecular formula is C17H22BrN3O2. The monoisotopic (exact) mass is 379 g/mol. The van der Waals surface area contributed by atoms with Gasteiger partial charge in [0.15, 0.2) is 0 Å². The number of hydrogen-bond donors (Lipinski definition) is 2. The van der Waals surface area contributed by atoms with E-state index in [1.54, 1.807) is 17.0 Å². The summed E-state index contributed by atoms with van der Waals surface area (Å²) in [5, 5.41) is 6.42. The van der Waals surface area contributed by atoms with Crippen LogP contribution in [0.5, 0.6) is 0 Å². The first-order valence-corrected chi connectivity index (χ1v) is 9.02. The number of hydrogen-bond acceptors (Lipinski definition) is 3. The lowest BCUT2D eigenvalue weighted by atomic mass is 10.1. The van der Waals surface area contributed by atoms with Gasteiger partial charge in [0.05, 0.1) is 0 Å². The largest absolute Gasteiger partial charge is 0.351 e. The maximum Gasteiger partial charge on any atom is 0.254 e. The molecule has 2 saturated heterocycles. The molecule has 1 aromatic carbocycles. The molecule has 2 aliphatic rings. The van der Waals surface area contributed by atoms with Crippen molar-refractivity contribution >= 4 is 27.7 Å². The quantitative estimate of drug-likeness (QED) is 0.843. The van der Waals surface area contributed by atoms with Crippen molar-refractivity contribution in [2.24, 2.45) is 0 Å². The van der Waals surface area contributed by atoms with Crippen LogP contribution in [-0.2, 0) is 4.79 Å². The van der Waals surface area contributed by atoms with E-state index < -0.39 is 0 Å². The number of carbonyl (C=O) groups excluding carboxylic acids is 2. The lowest BCUT2D eigenvalue weighted by Gasteiger charge is -2.28. The predicted octanol–water partition coefficient (Wildman–Crippen LogP) is 1.92. The molecule has 124 valence electrons. The second-order valence-corrected chi connectivity index (χ2v) is 7.11. The number of nitrogens with one attached hydrogen (secondary N) is 2. The number of amides is 2. The highest BCUT2D eigenvalue weighted by Crippen LogP contribution is 2.22. The van der Waals surface area contributed by atoms with Crippen LogP contribution in [0.4, 0.5) is 0 Å². The third-order valence-corrected chi connectivity index (χ3v) is 5.12. The zero-order valence-electron chi connectivity index (χ0n) is 13.1. The topological polar surface area (TPSA) is 61.4 Å². The van der Waals surface area contributed by atoms with Gasteiger partial charge in [-0.25, -0.2) is 0 Å². The molecule has 0 aliphatic carbocycles. The average molecular weight is 380 g/mol. The maximum atomic E-state index is 12.7. The fourth-order valence-corrected chi connectivity index (χ4v) is 3.57. The van der Waals surface area contributed by atoms with Crippen LogP contribution < -0.4 is 10.6 Å². The molecule has 3 rings (SSSR count). The van der Waals surface area contributed by atoms with Crippen LogP contribution in [0.1, 0.15) is 36.0 Å². The first kappa shape index (κ1) is 16.5. The molecule has 2 amide bonds. The van der Waals surface area contributed by atoms with Crippen molar-refractivity contribution < 1.29 is 9.59 Å². The second kappa shape index (κ2) is 7.45. The van der Waals surface area contributed by atoms with Crippen molar-refractivity contribution in [1.82, 2.24) is 15.5 Å². The van der Waals surface area contributed by atoms with E-state index in [9.17, 15) is 9.59 Å². The summed E-state index contributed by atoms with van der Waals surface area (Å²) >= 11 is 3.37. The molecule has 0 radical (unpaired) electrons. The van der Waals surface area contributed by atoms with E-state index in [0.717, 1.165) is 43.2 Å². The number of rotatable bonds is 3. The molecule has 2 fully saturated rings. The molecule has 2 N–H and O–H groups in total. The summed E-state index contributed by atoms with van der Waals surface area (Å²) in [4.78, 5) is 27.0. The fraction of sp³-hybridized carbons (Fsp3) is 0.529. The van der Waals surface area contributed by atoms with Gasteiger partial charge in [-0.3, -0.25) is 9.59 Å². The highest BCUT2D eigenvalue weighted by Gasteiger charge is 2.35. The van der Waals surface area contributed by atoms with Crippen molar-refractivity contribution in [3.8, 4) is 0 Å². The van der Waals surface area contributed by atoms with Crippen LogP contribution in [-0.4, -0.2) is 48.4 Å². The van der Waals surface area contributed by atoms with E-state index in [0.29, 0.717) is 12.1 Å². The lowest BCUT2D eigenvalue weighted by molar-refractivity contribution is -0.125. The molecule has 2 heterocycles. The van der Waals surface area contributed by atoms with Gasteiger partial charge in [0.25, 0.3) is 5.91 Å². The molecule has 5 nitrogen and oxygen atoms in total. The average Bonchev–Trinajstić information content (AvgIpc) is 3.05. The molecule has 2 aliphatic heterocycles. The molecule has 1 aromatic rings. The number of benzene rings is 1. The third-order valence-electron chi connectivity index (χ3n) is 4.59. The molecule has 6 heteroatoms. The predicted molar refractivity (Wildman–Crippen MR) is 92.2 cm³/mol. The highest BCUT2D eigenvalue weighted by molar-refractivity contribution is 9.10. The highest BCUT2D eigenvalue weighted by atomic mass is 79.9. The summed E-state index contributed by atoms with van der Waals surface area (Å²) in [5.41, 5.74) is 0.634. The Bertz CT molecular complexity index is 570. The van der Waals surface area contributed by atoms with Crippen molar-refractivity contribution in [1.29, 1.82) is 0 Å². The Morgan fingerprint density at radius 2 is 1.83 bits per heavy atom. The van der Waals surface area contributed by atoms with Gasteiger partial charge in [0.2, 0.25) is 5.91 Å². The number of nitrogens with zero attached hydrogens (tertiary/aromatic N) is 1. The number of carbonyl (C=O) groups is 2. The van der Waals surface area contributed by atoms with Crippen LogP contribution in [0.15, 0.2) is 28.7 Å². The summed E-state index contributed by atoms with van der Waals surface area (Å²) in [6.07, 6.45) is 3.55. The van der Waals surface area contributed by atoms with Gasteiger partial charge < -0.3 is 15.5 Å². The van der Waals surface area contributed by atoms with Gasteiger partial charge in [0.1, 0.15) is 6.04 Å². The van der Waals surface area contributed by atoms with Crippen LogP contribution >= 0.6 is 15.9 Å². The third kappa shape index (κ3) is 3.93. The smallest absolute Gasteiger partial charge is 0.254 e. The normalized spacial score (nSPS) is 22.1. The minimum atomic E-state index is -0.332. The Balaban J connectivity index is 1.65. The van der Waals surface area contributed by atoms with Crippen LogP contribution in [0.2, 0.25) is 0 Å². The Kier molecular flexibility index (Phi) is 5.33. The first-order valence-electron chi connectivity index (χ1n) is 8.23. The molecule has 1 unspecified atom stereocenters. The molecule has 1 atom stereocenters. The minimum Gasteiger partial charge on any atom is -0.351 e. The van der Waals surface area contributed by atoms with Crippen LogP contribution in [0.3, 0.4) is 0 Å². The maximum absolute atomic E-state index is 12.7. The van der Waals surface area contributed by atoms with Gasteiger partial charge in [0, 0.05) is 22.6 Å². The number of piperidine rings is 1. The van der Waals surface area contributed by atoms with E-state index in [2.05, 4.69) is 26.6 Å². The first-order chi connectivity index (χ1) is 11.1. The summed E-state index contributed by atoms with van der Waals surface area (Å²) in [5.74, 6) is -0.0553. The standard InChI is InChI=1S/C17H22BrN3O2/c18-13-5-3-12(4-6-13)17(23)21-11-1-2-15(21)16(22)20-14-7-9-19-10-8-14/h3-6,14-15,19H,1-2,7-11H2,(H,20,22). The van der Waals surface area contributed by atoms with Crippen LogP contribution in [0, 0.1) is 0 Å². The fourth-order valence-electron chi connectivity index (χ4n) is 3.30. The van der Waals surface area contributed by atoms with E-state index >= 15 is 0 Å². The summed E-state index contributed by atoms with van der Waals surface area (Å²) in [6, 6.07) is 7.20. The van der Waals surface area contributed by atoms with Gasteiger partial charge >= 0.3 is 0 Å². The molecular weight excluding hydrogens is 358 g/mol. The SMILES string of the molecule is O=C(NC1CCNCC1)C1CCCN1C(=O)c1ccc(Br)cc1. The Labute approximate surface area is 144 Å². The van der Waals surface area contributed by atoms with E-state index in [1.165, 1.54) is 0 Å². The van der Waals surface area contributed by atoms with E-state index in [-0.39, 0.29) is 23.9 Å². The second-order valence-electron chi connectivity index (χ2n) is 6.20. The van der Waals surface area contributed by atoms with E-state index in [1.807, 2.05) is 12.1 Å². The van der Waals surface area contributed by atoms with Crippen molar-refractivity contribution in [2.75, 3.05) is 19.6 Å². The van der Waals surface area contributed by atoms with Crippen molar-refractivity contribution in [3.05, 3.63) is 34.3 Å². The molecule has 0 aromatic heterocycles. The van der Waals surface area contributed by atoms with Gasteiger partial charge in [-0.15, -0.1) is 0 Å². The van der Waals surface area contributed by atoms with Gasteiger partial charge in [-0.2, -0.15) is 0 Å². The summed E-state index contributed by atoms with van der Waals surface area (Å²) < 4.78 is 0.940. The van der Waals surface area contributed by atoms with Crippen molar-refractivity contribution in [3.63, 3.8) is 0 Å². The Morgan fingerprint density at radius 3 is 2.52 bits per heavy atom. The molecule has 23 heavy (non-hydrogen) atoms. The number of likely N-dealkylation sites (tertiary alicyclic amines) is 1. The Hall–Kier alpha value is -1.40. The van der Waals surface area contributed by atoms with Crippen LogP contribution in [0.25, 0.3) is 0 Å². The van der Waals surface area contributed by atoms with E-state index in [4.69, 9.17) is 0 Å². The van der Waals surface area contributed by atoms with Crippen molar-refractivity contribution in [2.45, 2.75) is 37.8 Å². The minimum absolute atomic E-state index is 0.000128. The molecule has 0 bridgehead atoms. The summed E-state index contributed by atoms with van der Waals surface area (Å²) in [7, 11) is 0. The van der Waals surface area contributed by atoms with Gasteiger partial charge in [-0.1, -0.05) is 15.9 Å². The lowest BCUT2D eigenvalue weighted by Crippen LogP contribution is -2.51. The Morgan fingerprint density at radius 1 is 1.13 bits per heavy atom.